The van der Waals surface area contributed by atoms with Crippen molar-refractivity contribution in [3.8, 4) is 0 Å². The van der Waals surface area contributed by atoms with Gasteiger partial charge < -0.3 is 5.11 Å². The second-order valence-corrected chi connectivity index (χ2v) is 9.69. The Balaban J connectivity index is 2.35. The van der Waals surface area contributed by atoms with Crippen molar-refractivity contribution >= 4 is 37.3 Å². The van der Waals surface area contributed by atoms with E-state index in [1.54, 1.807) is 0 Å². The average Bonchev–Trinajstić information content (AvgIpc) is 2.79. The van der Waals surface area contributed by atoms with E-state index >= 15 is 0 Å². The number of thiophene rings is 1. The molecule has 0 radical (unpaired) electrons. The van der Waals surface area contributed by atoms with Crippen LogP contribution in [0.2, 0.25) is 0 Å². The predicted molar refractivity (Wildman–Crippen MR) is 91.1 cm³/mol. The molecule has 0 aliphatic heterocycles. The first-order valence-corrected chi connectivity index (χ1v) is 10.3. The molecule has 0 aliphatic rings. The second-order valence-electron chi connectivity index (χ2n) is 5.50. The Kier molecular flexibility index (Phi) is 8.41. The van der Waals surface area contributed by atoms with Crippen molar-refractivity contribution in [2.75, 3.05) is 6.54 Å². The molecule has 0 aromatic carbocycles. The standard InChI is InChI=1S/C14H24BrNO3S2/c1-11(2)7-5-3-4-6-8-16-21(18,19)13-9-12(10-17)20-14(13)15/h9,11,16-17H,3-8,10H2,1-2H3. The molecule has 0 bridgehead atoms. The van der Waals surface area contributed by atoms with Crippen LogP contribution in [0.5, 0.6) is 0 Å². The van der Waals surface area contributed by atoms with Crippen molar-refractivity contribution in [1.29, 1.82) is 0 Å². The summed E-state index contributed by atoms with van der Waals surface area (Å²) in [7, 11) is -3.48. The van der Waals surface area contributed by atoms with Gasteiger partial charge in [-0.05, 0) is 34.3 Å². The Morgan fingerprint density at radius 3 is 2.52 bits per heavy atom. The molecule has 2 N–H and O–H groups in total. The molecule has 0 fully saturated rings. The first-order chi connectivity index (χ1) is 9.86. The minimum Gasteiger partial charge on any atom is -0.391 e. The van der Waals surface area contributed by atoms with Gasteiger partial charge in [0.25, 0.3) is 0 Å². The van der Waals surface area contributed by atoms with Crippen LogP contribution >= 0.6 is 27.3 Å². The lowest BCUT2D eigenvalue weighted by molar-refractivity contribution is 0.285. The lowest BCUT2D eigenvalue weighted by Crippen LogP contribution is -2.24. The Morgan fingerprint density at radius 2 is 1.95 bits per heavy atom. The van der Waals surface area contributed by atoms with Gasteiger partial charge in [0, 0.05) is 11.4 Å². The number of aliphatic hydroxyl groups is 1. The second kappa shape index (κ2) is 9.25. The molecule has 0 saturated heterocycles. The maximum atomic E-state index is 12.1. The topological polar surface area (TPSA) is 66.4 Å². The zero-order valence-electron chi connectivity index (χ0n) is 12.6. The van der Waals surface area contributed by atoms with Crippen LogP contribution in [-0.2, 0) is 16.6 Å². The Morgan fingerprint density at radius 1 is 1.29 bits per heavy atom. The molecule has 21 heavy (non-hydrogen) atoms. The Bertz CT molecular complexity index is 526. The third kappa shape index (κ3) is 6.78. The molecule has 0 atom stereocenters. The molecule has 0 unspecified atom stereocenters. The van der Waals surface area contributed by atoms with Crippen molar-refractivity contribution in [2.45, 2.75) is 57.5 Å². The quantitative estimate of drug-likeness (QED) is 0.588. The number of hydrogen-bond donors (Lipinski definition) is 2. The lowest BCUT2D eigenvalue weighted by atomic mass is 10.0. The van der Waals surface area contributed by atoms with Crippen LogP contribution < -0.4 is 4.72 Å². The van der Waals surface area contributed by atoms with E-state index in [9.17, 15) is 8.42 Å². The molecule has 4 nitrogen and oxygen atoms in total. The molecule has 0 aliphatic carbocycles. The molecule has 122 valence electrons. The fraction of sp³-hybridized carbons (Fsp3) is 0.714. The molecule has 1 aromatic heterocycles. The largest absolute Gasteiger partial charge is 0.391 e. The van der Waals surface area contributed by atoms with E-state index in [0.29, 0.717) is 15.2 Å². The van der Waals surface area contributed by atoms with Gasteiger partial charge in [-0.2, -0.15) is 0 Å². The number of unbranched alkanes of at least 4 members (excludes halogenated alkanes) is 3. The van der Waals surface area contributed by atoms with Crippen molar-refractivity contribution in [3.63, 3.8) is 0 Å². The lowest BCUT2D eigenvalue weighted by Gasteiger charge is -2.06. The number of nitrogens with one attached hydrogen (secondary N) is 1. The summed E-state index contributed by atoms with van der Waals surface area (Å²) >= 11 is 4.48. The highest BCUT2D eigenvalue weighted by molar-refractivity contribution is 9.11. The van der Waals surface area contributed by atoms with E-state index in [1.807, 2.05) is 0 Å². The Hall–Kier alpha value is 0.0500. The van der Waals surface area contributed by atoms with Gasteiger partial charge in [-0.1, -0.05) is 39.5 Å². The highest BCUT2D eigenvalue weighted by Crippen LogP contribution is 2.31. The minimum atomic E-state index is -3.48. The number of rotatable bonds is 10. The maximum absolute atomic E-state index is 12.1. The van der Waals surface area contributed by atoms with E-state index < -0.39 is 10.0 Å². The highest BCUT2D eigenvalue weighted by Gasteiger charge is 2.20. The summed E-state index contributed by atoms with van der Waals surface area (Å²) in [5, 5.41) is 9.05. The van der Waals surface area contributed by atoms with Gasteiger partial charge in [-0.25, -0.2) is 13.1 Å². The van der Waals surface area contributed by atoms with Gasteiger partial charge >= 0.3 is 0 Å². The summed E-state index contributed by atoms with van der Waals surface area (Å²) < 4.78 is 27.4. The molecular formula is C14H24BrNO3S2. The number of sulfonamides is 1. The summed E-state index contributed by atoms with van der Waals surface area (Å²) in [4.78, 5) is 0.854. The summed E-state index contributed by atoms with van der Waals surface area (Å²) in [6, 6.07) is 1.51. The zero-order valence-corrected chi connectivity index (χ0v) is 15.8. The van der Waals surface area contributed by atoms with Gasteiger partial charge in [0.05, 0.1) is 10.4 Å². The molecule has 1 heterocycles. The van der Waals surface area contributed by atoms with Crippen LogP contribution in [0.3, 0.4) is 0 Å². The number of hydrogen-bond acceptors (Lipinski definition) is 4. The van der Waals surface area contributed by atoms with Gasteiger partial charge in [0.15, 0.2) is 0 Å². The van der Waals surface area contributed by atoms with E-state index in [2.05, 4.69) is 34.5 Å². The van der Waals surface area contributed by atoms with Gasteiger partial charge in [-0.15, -0.1) is 11.3 Å². The minimum absolute atomic E-state index is 0.144. The van der Waals surface area contributed by atoms with E-state index in [0.717, 1.165) is 25.2 Å². The summed E-state index contributed by atoms with van der Waals surface area (Å²) in [5.74, 6) is 0.736. The van der Waals surface area contributed by atoms with Crippen LogP contribution in [0, 0.1) is 5.92 Å². The van der Waals surface area contributed by atoms with Crippen molar-refractivity contribution < 1.29 is 13.5 Å². The molecule has 1 aromatic rings. The van der Waals surface area contributed by atoms with Crippen LogP contribution in [0.25, 0.3) is 0 Å². The first kappa shape index (κ1) is 19.1. The summed E-state index contributed by atoms with van der Waals surface area (Å²) in [6.07, 6.45) is 5.49. The third-order valence-corrected chi connectivity index (χ3v) is 6.85. The average molecular weight is 398 g/mol. The first-order valence-electron chi connectivity index (χ1n) is 7.25. The zero-order chi connectivity index (χ0) is 15.9. The predicted octanol–water partition coefficient (Wildman–Crippen LogP) is 3.89. The third-order valence-electron chi connectivity index (χ3n) is 3.15. The highest BCUT2D eigenvalue weighted by atomic mass is 79.9. The van der Waals surface area contributed by atoms with Crippen LogP contribution in [0.15, 0.2) is 14.7 Å². The number of halogens is 1. The Labute approximate surface area is 140 Å². The molecule has 0 saturated carbocycles. The molecular weight excluding hydrogens is 374 g/mol. The summed E-state index contributed by atoms with van der Waals surface area (Å²) in [6.45, 7) is 4.75. The van der Waals surface area contributed by atoms with Crippen LogP contribution in [0.4, 0.5) is 0 Å². The fourth-order valence-corrected chi connectivity index (χ4v) is 5.59. The normalized spacial score (nSPS) is 12.2. The van der Waals surface area contributed by atoms with E-state index in [4.69, 9.17) is 5.11 Å². The van der Waals surface area contributed by atoms with Crippen LogP contribution in [0.1, 0.15) is 50.8 Å². The van der Waals surface area contributed by atoms with E-state index in [1.165, 1.54) is 30.2 Å². The molecule has 0 amide bonds. The van der Waals surface area contributed by atoms with Gasteiger partial charge in [-0.3, -0.25) is 0 Å². The monoisotopic (exact) mass is 397 g/mol. The van der Waals surface area contributed by atoms with Crippen molar-refractivity contribution in [3.05, 3.63) is 14.7 Å². The molecule has 0 spiro atoms. The summed E-state index contributed by atoms with van der Waals surface area (Å²) in [5.41, 5.74) is 0. The van der Waals surface area contributed by atoms with Crippen molar-refractivity contribution in [2.24, 2.45) is 5.92 Å². The maximum Gasteiger partial charge on any atom is 0.242 e. The fourth-order valence-electron chi connectivity index (χ4n) is 1.97. The molecule has 7 heteroatoms. The number of aliphatic hydroxyl groups excluding tert-OH is 1. The molecule has 1 rings (SSSR count). The SMILES string of the molecule is CC(C)CCCCCCNS(=O)(=O)c1cc(CO)sc1Br. The van der Waals surface area contributed by atoms with Gasteiger partial charge in [0.1, 0.15) is 4.90 Å². The van der Waals surface area contributed by atoms with Crippen molar-refractivity contribution in [1.82, 2.24) is 4.72 Å². The van der Waals surface area contributed by atoms with Crippen LogP contribution in [-0.4, -0.2) is 20.1 Å². The smallest absolute Gasteiger partial charge is 0.242 e. The van der Waals surface area contributed by atoms with Gasteiger partial charge in [0.2, 0.25) is 10.0 Å². The van der Waals surface area contributed by atoms with E-state index in [-0.39, 0.29) is 11.5 Å².